The van der Waals surface area contributed by atoms with Gasteiger partial charge >= 0.3 is 0 Å². The summed E-state index contributed by atoms with van der Waals surface area (Å²) in [6.07, 6.45) is 4.10. The summed E-state index contributed by atoms with van der Waals surface area (Å²) in [7, 11) is 0. The predicted molar refractivity (Wildman–Crippen MR) is 72.4 cm³/mol. The fourth-order valence-electron chi connectivity index (χ4n) is 1.86. The maximum absolute atomic E-state index is 5.76. The third-order valence-electron chi connectivity index (χ3n) is 2.72. The van der Waals surface area contributed by atoms with Crippen molar-refractivity contribution in [3.05, 3.63) is 40.9 Å². The molecule has 1 aliphatic heterocycles. The summed E-state index contributed by atoms with van der Waals surface area (Å²) in [6, 6.07) is 8.10. The smallest absolute Gasteiger partial charge is 0.199 e. The molecule has 2 nitrogen and oxygen atoms in total. The predicted octanol–water partition coefficient (Wildman–Crippen LogP) is 4.04. The molecule has 0 saturated carbocycles. The topological polar surface area (TPSA) is 18.5 Å². The molecule has 0 N–H and O–H groups in total. The second kappa shape index (κ2) is 6.22. The summed E-state index contributed by atoms with van der Waals surface area (Å²) in [5, 5.41) is 0. The Labute approximate surface area is 111 Å². The van der Waals surface area contributed by atoms with E-state index in [9.17, 15) is 0 Å². The van der Waals surface area contributed by atoms with Gasteiger partial charge < -0.3 is 9.47 Å². The quantitative estimate of drug-likeness (QED) is 0.835. The van der Waals surface area contributed by atoms with E-state index in [0.717, 1.165) is 36.1 Å². The molecule has 17 heavy (non-hydrogen) atoms. The summed E-state index contributed by atoms with van der Waals surface area (Å²) >= 11 is 3.36. The second-order valence-electron chi connectivity index (χ2n) is 4.25. The van der Waals surface area contributed by atoms with E-state index in [1.54, 1.807) is 0 Å². The molecule has 92 valence electrons. The average molecular weight is 297 g/mol. The molecule has 0 aromatic heterocycles. The highest BCUT2D eigenvalue weighted by Gasteiger charge is 2.14. The number of ether oxygens (including phenoxy) is 2. The zero-order valence-corrected chi connectivity index (χ0v) is 11.4. The molecule has 0 bridgehead atoms. The molecule has 1 atom stereocenters. The fraction of sp³-hybridized carbons (Fsp3) is 0.429. The van der Waals surface area contributed by atoms with Crippen LogP contribution in [0, 0.1) is 0 Å². The maximum Gasteiger partial charge on any atom is 0.199 e. The van der Waals surface area contributed by atoms with Crippen molar-refractivity contribution in [1.82, 2.24) is 0 Å². The highest BCUT2D eigenvalue weighted by molar-refractivity contribution is 9.11. The van der Waals surface area contributed by atoms with E-state index in [-0.39, 0.29) is 6.29 Å². The molecule has 1 aromatic carbocycles. The number of allylic oxidation sites excluding steroid dienone is 1. The van der Waals surface area contributed by atoms with Gasteiger partial charge in [-0.2, -0.15) is 0 Å². The van der Waals surface area contributed by atoms with Crippen LogP contribution in [0.25, 0.3) is 0 Å². The van der Waals surface area contributed by atoms with Crippen LogP contribution >= 0.6 is 15.9 Å². The van der Waals surface area contributed by atoms with Gasteiger partial charge in [0, 0.05) is 12.8 Å². The van der Waals surface area contributed by atoms with E-state index in [2.05, 4.69) is 34.6 Å². The molecule has 1 saturated heterocycles. The third kappa shape index (κ3) is 4.17. The van der Waals surface area contributed by atoms with Crippen LogP contribution in [0.3, 0.4) is 0 Å². The molecule has 3 heteroatoms. The van der Waals surface area contributed by atoms with Crippen molar-refractivity contribution in [3.8, 4) is 5.75 Å². The lowest BCUT2D eigenvalue weighted by Gasteiger charge is -2.23. The van der Waals surface area contributed by atoms with Crippen molar-refractivity contribution in [2.45, 2.75) is 32.0 Å². The Morgan fingerprint density at radius 1 is 1.35 bits per heavy atom. The largest absolute Gasteiger partial charge is 0.465 e. The van der Waals surface area contributed by atoms with E-state index >= 15 is 0 Å². The zero-order valence-electron chi connectivity index (χ0n) is 9.82. The summed E-state index contributed by atoms with van der Waals surface area (Å²) in [4.78, 5) is 0. The molecule has 0 spiro atoms. The lowest BCUT2D eigenvalue weighted by molar-refractivity contribution is -0.105. The van der Waals surface area contributed by atoms with Crippen molar-refractivity contribution in [2.24, 2.45) is 0 Å². The van der Waals surface area contributed by atoms with Crippen molar-refractivity contribution in [2.75, 3.05) is 6.61 Å². The number of halogens is 1. The van der Waals surface area contributed by atoms with Gasteiger partial charge in [-0.1, -0.05) is 34.6 Å². The van der Waals surface area contributed by atoms with Crippen LogP contribution in [0.2, 0.25) is 0 Å². The number of hydrogen-bond donors (Lipinski definition) is 0. The van der Waals surface area contributed by atoms with Crippen molar-refractivity contribution in [1.29, 1.82) is 0 Å². The Kier molecular flexibility index (Phi) is 4.63. The first-order valence-electron chi connectivity index (χ1n) is 5.94. The first-order chi connectivity index (χ1) is 8.24. The summed E-state index contributed by atoms with van der Waals surface area (Å²) in [6.45, 7) is 4.64. The highest BCUT2D eigenvalue weighted by atomic mass is 79.9. The molecule has 1 fully saturated rings. The summed E-state index contributed by atoms with van der Waals surface area (Å²) in [5.41, 5.74) is 1.23. The van der Waals surface area contributed by atoms with E-state index in [1.165, 1.54) is 12.0 Å². The van der Waals surface area contributed by atoms with Crippen molar-refractivity contribution >= 4 is 15.9 Å². The maximum atomic E-state index is 5.76. The summed E-state index contributed by atoms with van der Waals surface area (Å²) in [5.74, 6) is 0.876. The zero-order chi connectivity index (χ0) is 12.1. The highest BCUT2D eigenvalue weighted by Crippen LogP contribution is 2.20. The molecule has 1 aromatic rings. The van der Waals surface area contributed by atoms with Gasteiger partial charge in [-0.05, 0) is 35.0 Å². The van der Waals surface area contributed by atoms with Gasteiger partial charge in [-0.3, -0.25) is 0 Å². The molecule has 1 aliphatic rings. The molecular weight excluding hydrogens is 280 g/mol. The van der Waals surface area contributed by atoms with E-state index in [1.807, 2.05) is 12.1 Å². The molecule has 2 rings (SSSR count). The van der Waals surface area contributed by atoms with Gasteiger partial charge in [-0.15, -0.1) is 0 Å². The van der Waals surface area contributed by atoms with Crippen molar-refractivity contribution < 1.29 is 9.47 Å². The Bertz CT molecular complexity index is 366. The number of hydrogen-bond acceptors (Lipinski definition) is 2. The minimum Gasteiger partial charge on any atom is -0.465 e. The summed E-state index contributed by atoms with van der Waals surface area (Å²) < 4.78 is 12.3. The van der Waals surface area contributed by atoms with Gasteiger partial charge in [0.05, 0.1) is 6.61 Å². The van der Waals surface area contributed by atoms with E-state index in [4.69, 9.17) is 9.47 Å². The van der Waals surface area contributed by atoms with Crippen molar-refractivity contribution in [3.63, 3.8) is 0 Å². The minimum atomic E-state index is -0.0688. The number of rotatable bonds is 4. The van der Waals surface area contributed by atoms with Crippen LogP contribution in [-0.4, -0.2) is 12.9 Å². The lowest BCUT2D eigenvalue weighted by atomic mass is 10.1. The van der Waals surface area contributed by atoms with Crippen LogP contribution in [0.1, 0.15) is 24.8 Å². The van der Waals surface area contributed by atoms with Crippen LogP contribution < -0.4 is 4.74 Å². The van der Waals surface area contributed by atoms with Gasteiger partial charge in [0.1, 0.15) is 5.75 Å². The standard InChI is InChI=1S/C14H17BrO2/c1-11(15)10-12-5-7-13(8-6-12)17-14-4-2-3-9-16-14/h5-8,14H,1-4,9-10H2. The van der Waals surface area contributed by atoms with E-state index < -0.39 is 0 Å². The van der Waals surface area contributed by atoms with Crippen LogP contribution in [0.4, 0.5) is 0 Å². The Morgan fingerprint density at radius 3 is 2.71 bits per heavy atom. The second-order valence-corrected chi connectivity index (χ2v) is 5.37. The monoisotopic (exact) mass is 296 g/mol. The van der Waals surface area contributed by atoms with Gasteiger partial charge in [0.2, 0.25) is 0 Å². The van der Waals surface area contributed by atoms with E-state index in [0.29, 0.717) is 0 Å². The SMILES string of the molecule is C=C(Br)Cc1ccc(OC2CCCCO2)cc1. The number of benzene rings is 1. The van der Waals surface area contributed by atoms with Crippen LogP contribution in [0.5, 0.6) is 5.75 Å². The third-order valence-corrected chi connectivity index (χ3v) is 3.01. The fourth-order valence-corrected chi connectivity index (χ4v) is 2.19. The Balaban J connectivity index is 1.90. The van der Waals surface area contributed by atoms with Gasteiger partial charge in [0.25, 0.3) is 0 Å². The first-order valence-corrected chi connectivity index (χ1v) is 6.74. The molecule has 1 unspecified atom stereocenters. The molecule has 0 aliphatic carbocycles. The van der Waals surface area contributed by atoms with Gasteiger partial charge in [-0.25, -0.2) is 0 Å². The van der Waals surface area contributed by atoms with Gasteiger partial charge in [0.15, 0.2) is 6.29 Å². The molecule has 1 heterocycles. The normalized spacial score (nSPS) is 19.9. The molecule has 0 radical (unpaired) electrons. The molecule has 0 amide bonds. The Morgan fingerprint density at radius 2 is 2.12 bits per heavy atom. The first kappa shape index (κ1) is 12.7. The van der Waals surface area contributed by atoms with Crippen LogP contribution in [-0.2, 0) is 11.2 Å². The average Bonchev–Trinajstić information content (AvgIpc) is 2.32. The van der Waals surface area contributed by atoms with Crippen LogP contribution in [0.15, 0.2) is 35.3 Å². The Hall–Kier alpha value is -0.800. The minimum absolute atomic E-state index is 0.0688. The lowest BCUT2D eigenvalue weighted by Crippen LogP contribution is -2.24. The molecular formula is C14H17BrO2.